The average molecular weight is 444 g/mol. The third-order valence-electron chi connectivity index (χ3n) is 5.40. The van der Waals surface area contributed by atoms with E-state index in [-0.39, 0.29) is 0 Å². The molecule has 1 N–H and O–H groups in total. The fraction of sp³-hybridized carbons (Fsp3) is 0.524. The largest absolute Gasteiger partial charge is 0.493 e. The van der Waals surface area contributed by atoms with Crippen LogP contribution in [0.25, 0.3) is 0 Å². The summed E-state index contributed by atoms with van der Waals surface area (Å²) < 4.78 is 21.7. The van der Waals surface area contributed by atoms with Gasteiger partial charge in [-0.2, -0.15) is 20.1 Å². The van der Waals surface area contributed by atoms with Crippen molar-refractivity contribution in [2.45, 2.75) is 12.8 Å². The molecule has 32 heavy (non-hydrogen) atoms. The topological polar surface area (TPSA) is 106 Å². The Labute approximate surface area is 187 Å². The van der Waals surface area contributed by atoms with Crippen LogP contribution in [0.2, 0.25) is 0 Å². The molecule has 0 saturated carbocycles. The number of nitrogens with one attached hydrogen (secondary N) is 1. The molecule has 2 aliphatic rings. The minimum atomic E-state index is 0.388. The Morgan fingerprint density at radius 3 is 2.16 bits per heavy atom. The molecule has 0 unspecified atom stereocenters. The molecule has 0 atom stereocenters. The maximum atomic E-state index is 5.51. The normalized spacial score (nSPS) is 16.5. The van der Waals surface area contributed by atoms with Gasteiger partial charge in [0.15, 0.2) is 11.5 Å². The van der Waals surface area contributed by atoms with E-state index < -0.39 is 0 Å². The first-order valence-electron chi connectivity index (χ1n) is 10.6. The summed E-state index contributed by atoms with van der Waals surface area (Å²) in [5.74, 6) is 3.30. The number of hydrazone groups is 1. The zero-order valence-electron chi connectivity index (χ0n) is 18.7. The highest BCUT2D eigenvalue weighted by Crippen LogP contribution is 2.39. The van der Waals surface area contributed by atoms with Gasteiger partial charge in [-0.25, -0.2) is 5.43 Å². The Morgan fingerprint density at radius 2 is 1.53 bits per heavy atom. The molecule has 1 aromatic carbocycles. The SMILES string of the molecule is COc1ccc(C=NNc2nc(N3CCCC3)nc(N3CCOCC3)n2)c(OC)c1OC. The molecule has 1 aromatic heterocycles. The summed E-state index contributed by atoms with van der Waals surface area (Å²) in [7, 11) is 4.72. The van der Waals surface area contributed by atoms with Gasteiger partial charge in [0.2, 0.25) is 23.6 Å². The van der Waals surface area contributed by atoms with Crippen LogP contribution >= 0.6 is 0 Å². The molecule has 172 valence electrons. The predicted molar refractivity (Wildman–Crippen MR) is 122 cm³/mol. The molecule has 11 heteroatoms. The number of benzene rings is 1. The first-order chi connectivity index (χ1) is 15.7. The Bertz CT molecular complexity index is 944. The molecule has 0 amide bonds. The molecular weight excluding hydrogens is 414 g/mol. The summed E-state index contributed by atoms with van der Waals surface area (Å²) in [6.45, 7) is 4.69. The first-order valence-corrected chi connectivity index (χ1v) is 10.6. The van der Waals surface area contributed by atoms with E-state index in [9.17, 15) is 0 Å². The van der Waals surface area contributed by atoms with E-state index in [1.807, 2.05) is 6.07 Å². The summed E-state index contributed by atoms with van der Waals surface area (Å²) in [6.07, 6.45) is 3.91. The Hall–Kier alpha value is -3.34. The van der Waals surface area contributed by atoms with Crippen LogP contribution in [-0.2, 0) is 4.74 Å². The average Bonchev–Trinajstić information content (AvgIpc) is 3.39. The molecule has 0 spiro atoms. The molecule has 2 fully saturated rings. The van der Waals surface area contributed by atoms with Gasteiger partial charge in [0.25, 0.3) is 0 Å². The van der Waals surface area contributed by atoms with Gasteiger partial charge in [0.1, 0.15) is 0 Å². The van der Waals surface area contributed by atoms with Crippen molar-refractivity contribution >= 4 is 24.1 Å². The Kier molecular flexibility index (Phi) is 7.05. The molecule has 0 aliphatic carbocycles. The van der Waals surface area contributed by atoms with Crippen molar-refractivity contribution < 1.29 is 18.9 Å². The Balaban J connectivity index is 1.58. The smallest absolute Gasteiger partial charge is 0.250 e. The van der Waals surface area contributed by atoms with E-state index in [0.29, 0.717) is 48.3 Å². The van der Waals surface area contributed by atoms with Crippen molar-refractivity contribution in [2.75, 3.05) is 75.9 Å². The maximum Gasteiger partial charge on any atom is 0.250 e. The van der Waals surface area contributed by atoms with Gasteiger partial charge in [0, 0.05) is 31.7 Å². The summed E-state index contributed by atoms with van der Waals surface area (Å²) in [6, 6.07) is 3.64. The second-order valence-corrected chi connectivity index (χ2v) is 7.35. The molecule has 2 aliphatic heterocycles. The van der Waals surface area contributed by atoms with Crippen LogP contribution in [0.1, 0.15) is 18.4 Å². The maximum absolute atomic E-state index is 5.51. The number of aromatic nitrogens is 3. The van der Waals surface area contributed by atoms with Crippen molar-refractivity contribution in [3.63, 3.8) is 0 Å². The molecule has 4 rings (SSSR count). The van der Waals surface area contributed by atoms with Crippen molar-refractivity contribution in [1.29, 1.82) is 0 Å². The lowest BCUT2D eigenvalue weighted by molar-refractivity contribution is 0.122. The van der Waals surface area contributed by atoms with Gasteiger partial charge in [-0.1, -0.05) is 0 Å². The van der Waals surface area contributed by atoms with Gasteiger partial charge in [-0.3, -0.25) is 0 Å². The van der Waals surface area contributed by atoms with Gasteiger partial charge >= 0.3 is 0 Å². The zero-order valence-corrected chi connectivity index (χ0v) is 18.7. The number of morpholine rings is 1. The number of methoxy groups -OCH3 is 3. The van der Waals surface area contributed by atoms with Gasteiger partial charge in [-0.05, 0) is 25.0 Å². The fourth-order valence-corrected chi connectivity index (χ4v) is 3.75. The summed E-state index contributed by atoms with van der Waals surface area (Å²) >= 11 is 0. The number of anilines is 3. The van der Waals surface area contributed by atoms with Crippen LogP contribution in [0.4, 0.5) is 17.8 Å². The second kappa shape index (κ2) is 10.3. The highest BCUT2D eigenvalue weighted by atomic mass is 16.5. The zero-order chi connectivity index (χ0) is 22.3. The molecule has 2 aromatic rings. The van der Waals surface area contributed by atoms with Gasteiger partial charge in [0.05, 0.1) is 40.8 Å². The highest BCUT2D eigenvalue weighted by molar-refractivity contribution is 5.86. The molecule has 2 saturated heterocycles. The second-order valence-electron chi connectivity index (χ2n) is 7.35. The third kappa shape index (κ3) is 4.77. The number of ether oxygens (including phenoxy) is 4. The number of rotatable bonds is 8. The molecule has 0 radical (unpaired) electrons. The van der Waals surface area contributed by atoms with E-state index >= 15 is 0 Å². The lowest BCUT2D eigenvalue weighted by atomic mass is 10.2. The van der Waals surface area contributed by atoms with Crippen LogP contribution in [0.15, 0.2) is 17.2 Å². The number of hydrogen-bond acceptors (Lipinski definition) is 11. The first kappa shape index (κ1) is 21.9. The minimum absolute atomic E-state index is 0.388. The number of hydrogen-bond donors (Lipinski definition) is 1. The van der Waals surface area contributed by atoms with Crippen LogP contribution in [0.3, 0.4) is 0 Å². The third-order valence-corrected chi connectivity index (χ3v) is 5.40. The monoisotopic (exact) mass is 443 g/mol. The standard InChI is InChI=1S/C21H29N7O4/c1-29-16-7-6-15(17(30-2)18(16)31-3)14-22-26-19-23-20(27-8-4-5-9-27)25-21(24-19)28-10-12-32-13-11-28/h6-7,14H,4-5,8-13H2,1-3H3,(H,23,24,25,26). The number of nitrogens with zero attached hydrogens (tertiary/aromatic N) is 6. The Morgan fingerprint density at radius 1 is 0.875 bits per heavy atom. The van der Waals surface area contributed by atoms with Crippen LogP contribution < -0.4 is 29.4 Å². The molecule has 11 nitrogen and oxygen atoms in total. The molecule has 0 bridgehead atoms. The van der Waals surface area contributed by atoms with Crippen molar-refractivity contribution in [2.24, 2.45) is 5.10 Å². The fourth-order valence-electron chi connectivity index (χ4n) is 3.75. The predicted octanol–water partition coefficient (Wildman–Crippen LogP) is 1.78. The minimum Gasteiger partial charge on any atom is -0.493 e. The van der Waals surface area contributed by atoms with Crippen molar-refractivity contribution in [3.05, 3.63) is 17.7 Å². The van der Waals surface area contributed by atoms with Crippen molar-refractivity contribution in [1.82, 2.24) is 15.0 Å². The van der Waals surface area contributed by atoms with Gasteiger partial charge in [-0.15, -0.1) is 0 Å². The summed E-state index contributed by atoms with van der Waals surface area (Å²) in [5, 5.41) is 4.34. The lowest BCUT2D eigenvalue weighted by Gasteiger charge is -2.27. The van der Waals surface area contributed by atoms with Gasteiger partial charge < -0.3 is 28.7 Å². The van der Waals surface area contributed by atoms with E-state index in [0.717, 1.165) is 44.6 Å². The van der Waals surface area contributed by atoms with E-state index in [2.05, 4.69) is 30.3 Å². The van der Waals surface area contributed by atoms with E-state index in [4.69, 9.17) is 23.9 Å². The lowest BCUT2D eigenvalue weighted by Crippen LogP contribution is -2.38. The van der Waals surface area contributed by atoms with Crippen molar-refractivity contribution in [3.8, 4) is 17.2 Å². The quantitative estimate of drug-likeness (QED) is 0.479. The van der Waals surface area contributed by atoms with Crippen LogP contribution in [0, 0.1) is 0 Å². The van der Waals surface area contributed by atoms with E-state index in [1.165, 1.54) is 0 Å². The van der Waals surface area contributed by atoms with Crippen LogP contribution in [-0.4, -0.2) is 81.9 Å². The summed E-state index contributed by atoms with van der Waals surface area (Å²) in [4.78, 5) is 18.2. The summed E-state index contributed by atoms with van der Waals surface area (Å²) in [5.41, 5.74) is 3.67. The van der Waals surface area contributed by atoms with Crippen LogP contribution in [0.5, 0.6) is 17.2 Å². The van der Waals surface area contributed by atoms with E-state index in [1.54, 1.807) is 33.6 Å². The highest BCUT2D eigenvalue weighted by Gasteiger charge is 2.21. The molecule has 3 heterocycles. The molecular formula is C21H29N7O4.